The number of nitrogens with one attached hydrogen (secondary N) is 3. The molecule has 3 aliphatic heterocycles. The number of amides is 1. The highest BCUT2D eigenvalue weighted by Crippen LogP contribution is 2.54. The summed E-state index contributed by atoms with van der Waals surface area (Å²) in [6, 6.07) is 22.2. The molecule has 1 spiro atoms. The Morgan fingerprint density at radius 2 is 1.68 bits per heavy atom. The Hall–Kier alpha value is -5.79. The number of benzene rings is 3. The van der Waals surface area contributed by atoms with Gasteiger partial charge >= 0.3 is 0 Å². The second-order valence-corrected chi connectivity index (χ2v) is 24.8. The molecule has 5 fully saturated rings. The van der Waals surface area contributed by atoms with Gasteiger partial charge in [0.15, 0.2) is 0 Å². The van der Waals surface area contributed by atoms with Gasteiger partial charge in [0.25, 0.3) is 21.6 Å². The number of hydrogen-bond donors (Lipinski definition) is 5. The van der Waals surface area contributed by atoms with E-state index in [-0.39, 0.29) is 34.7 Å². The first kappa shape index (κ1) is 50.4. The van der Waals surface area contributed by atoms with Gasteiger partial charge in [-0.1, -0.05) is 38.1 Å². The summed E-state index contributed by atoms with van der Waals surface area (Å²) >= 11 is 0. The zero-order chi connectivity index (χ0) is 51.7. The molecule has 18 heteroatoms. The van der Waals surface area contributed by atoms with Crippen LogP contribution >= 0.6 is 0 Å². The summed E-state index contributed by atoms with van der Waals surface area (Å²) in [5.41, 5.74) is 3.66. The number of carbonyl (C=O) groups excluding carboxylic acids is 1. The second-order valence-electron chi connectivity index (χ2n) is 23.1. The van der Waals surface area contributed by atoms with Crippen LogP contribution in [0.4, 0.5) is 28.4 Å². The van der Waals surface area contributed by atoms with Crippen LogP contribution < -0.4 is 24.6 Å². The molecule has 2 aromatic heterocycles. The van der Waals surface area contributed by atoms with Crippen molar-refractivity contribution in [3.63, 3.8) is 0 Å². The number of carbonyl (C=O) groups is 1. The van der Waals surface area contributed by atoms with Gasteiger partial charge in [-0.15, -0.1) is 0 Å². The number of hydrogen-bond acceptors (Lipinski definition) is 14. The number of aromatic amines is 1. The Morgan fingerprint density at radius 1 is 0.919 bits per heavy atom. The average molecular weight is 1030 g/mol. The van der Waals surface area contributed by atoms with Gasteiger partial charge in [-0.05, 0) is 149 Å². The van der Waals surface area contributed by atoms with Gasteiger partial charge < -0.3 is 39.8 Å². The number of H-pyrrole nitrogens is 1. The normalized spacial score (nSPS) is 27.3. The van der Waals surface area contributed by atoms with Crippen LogP contribution in [0, 0.1) is 21.4 Å². The Balaban J connectivity index is 0.877. The van der Waals surface area contributed by atoms with E-state index >= 15 is 0 Å². The summed E-state index contributed by atoms with van der Waals surface area (Å²) in [4.78, 5) is 41.3. The number of nitro benzene ring substituents is 1. The first-order valence-corrected chi connectivity index (χ1v) is 28.1. The molecule has 1 amide bonds. The van der Waals surface area contributed by atoms with Crippen molar-refractivity contribution >= 4 is 55.4 Å². The Morgan fingerprint density at radius 3 is 2.43 bits per heavy atom. The topological polar surface area (TPSA) is 216 Å². The van der Waals surface area contributed by atoms with Gasteiger partial charge in [-0.2, -0.15) is 4.98 Å². The molecule has 6 aliphatic rings. The molecule has 5 N–H and O–H groups in total. The minimum absolute atomic E-state index is 0.0871. The van der Waals surface area contributed by atoms with Crippen molar-refractivity contribution in [3.05, 3.63) is 106 Å². The second kappa shape index (κ2) is 19.4. The Bertz CT molecular complexity index is 3040. The first-order valence-electron chi connectivity index (χ1n) is 26.6. The average Bonchev–Trinajstić information content (AvgIpc) is 3.83. The summed E-state index contributed by atoms with van der Waals surface area (Å²) in [7, 11) is -4.65. The maximum absolute atomic E-state index is 14.8. The number of pyridine rings is 1. The van der Waals surface area contributed by atoms with E-state index in [1.54, 1.807) is 19.2 Å². The van der Waals surface area contributed by atoms with E-state index in [0.717, 1.165) is 81.9 Å². The van der Waals surface area contributed by atoms with Crippen LogP contribution in [0.1, 0.15) is 132 Å². The van der Waals surface area contributed by atoms with Gasteiger partial charge in [0.2, 0.25) is 5.88 Å². The predicted octanol–water partition coefficient (Wildman–Crippen LogP) is 9.09. The van der Waals surface area contributed by atoms with Crippen LogP contribution in [-0.4, -0.2) is 113 Å². The van der Waals surface area contributed by atoms with Crippen molar-refractivity contribution in [2.75, 3.05) is 54.5 Å². The number of nitrogens with zero attached hydrogens (tertiary/aromatic N) is 5. The first-order chi connectivity index (χ1) is 35.3. The molecule has 0 unspecified atom stereocenters. The molecule has 2 saturated heterocycles. The van der Waals surface area contributed by atoms with E-state index in [2.05, 4.69) is 67.8 Å². The SMILES string of the molecule is CC(C)c1ccccc1[C@@H]1COCCN1C1CC2(CCN(c3ccc(C(=O)NS(=O)(=O)c4ccc(NCC5CCC(C)(O)CC5)c([N+](=O)[O-])c4)c(N4c5cc6cc[nH]c6nc5O[C@@H]5C[C@@](C)(O)CC[C@H]54)c3)CC2)C1. The highest BCUT2D eigenvalue weighted by atomic mass is 32.2. The number of sulfonamides is 1. The van der Waals surface area contributed by atoms with Crippen molar-refractivity contribution < 1.29 is 37.8 Å². The van der Waals surface area contributed by atoms with Crippen molar-refractivity contribution in [2.24, 2.45) is 11.3 Å². The van der Waals surface area contributed by atoms with Crippen LogP contribution in [0.15, 0.2) is 83.9 Å². The maximum Gasteiger partial charge on any atom is 0.293 e. The maximum atomic E-state index is 14.8. The number of piperidine rings is 1. The highest BCUT2D eigenvalue weighted by molar-refractivity contribution is 7.90. The largest absolute Gasteiger partial charge is 0.470 e. The third-order valence-corrected chi connectivity index (χ3v) is 18.8. The molecule has 3 aromatic carbocycles. The molecule has 4 atom stereocenters. The Kier molecular flexibility index (Phi) is 13.2. The van der Waals surface area contributed by atoms with Crippen molar-refractivity contribution in [1.82, 2.24) is 19.6 Å². The fourth-order valence-corrected chi connectivity index (χ4v) is 14.1. The molecule has 17 nitrogen and oxygen atoms in total. The molecule has 3 saturated carbocycles. The summed E-state index contributed by atoms with van der Waals surface area (Å²) in [5.74, 6) is 0.0379. The summed E-state index contributed by atoms with van der Waals surface area (Å²) < 4.78 is 43.5. The van der Waals surface area contributed by atoms with Crippen molar-refractivity contribution in [3.8, 4) is 5.88 Å². The summed E-state index contributed by atoms with van der Waals surface area (Å²) in [5, 5.41) is 38.1. The number of morpholine rings is 1. The molecule has 5 aromatic rings. The van der Waals surface area contributed by atoms with Gasteiger partial charge in [0.05, 0.1) is 57.6 Å². The third kappa shape index (κ3) is 9.83. The monoisotopic (exact) mass is 1030 g/mol. The summed E-state index contributed by atoms with van der Waals surface area (Å²) in [6.07, 6.45) is 9.62. The highest BCUT2D eigenvalue weighted by Gasteiger charge is 2.51. The minimum Gasteiger partial charge on any atom is -0.470 e. The number of rotatable bonds is 12. The fraction of sp³-hybridized carbons (Fsp3) is 0.536. The lowest BCUT2D eigenvalue weighted by Crippen LogP contribution is -2.58. The van der Waals surface area contributed by atoms with Crippen LogP contribution in [0.3, 0.4) is 0 Å². The van der Waals surface area contributed by atoms with E-state index in [1.165, 1.54) is 23.3 Å². The van der Waals surface area contributed by atoms with Gasteiger partial charge in [0.1, 0.15) is 23.1 Å². The molecule has 0 bridgehead atoms. The lowest BCUT2D eigenvalue weighted by atomic mass is 9.59. The van der Waals surface area contributed by atoms with Crippen LogP contribution in [0.5, 0.6) is 5.88 Å². The number of nitro groups is 1. The molecule has 5 heterocycles. The molecule has 74 heavy (non-hydrogen) atoms. The van der Waals surface area contributed by atoms with Crippen LogP contribution in [0.25, 0.3) is 11.0 Å². The smallest absolute Gasteiger partial charge is 0.293 e. The molecule has 3 aliphatic carbocycles. The number of aromatic nitrogens is 2. The number of ether oxygens (including phenoxy) is 2. The zero-order valence-corrected chi connectivity index (χ0v) is 43.7. The Labute approximate surface area is 433 Å². The quantitative estimate of drug-likeness (QED) is 0.0582. The van der Waals surface area contributed by atoms with Crippen molar-refractivity contribution in [2.45, 2.75) is 145 Å². The molecular weight excluding hydrogens is 961 g/mol. The lowest BCUT2D eigenvalue weighted by molar-refractivity contribution is -0.384. The molecule has 0 radical (unpaired) electrons. The number of aliphatic hydroxyl groups is 2. The molecule has 11 rings (SSSR count). The van der Waals surface area contributed by atoms with Crippen LogP contribution in [0.2, 0.25) is 0 Å². The predicted molar refractivity (Wildman–Crippen MR) is 284 cm³/mol. The zero-order valence-electron chi connectivity index (χ0n) is 42.9. The van der Waals surface area contributed by atoms with E-state index in [4.69, 9.17) is 14.5 Å². The van der Waals surface area contributed by atoms with Gasteiger partial charge in [-0.25, -0.2) is 13.1 Å². The van der Waals surface area contributed by atoms with Crippen molar-refractivity contribution in [1.29, 1.82) is 0 Å². The van der Waals surface area contributed by atoms with Gasteiger partial charge in [0, 0.05) is 62.0 Å². The third-order valence-electron chi connectivity index (χ3n) is 17.5. The standard InChI is InChI=1S/C56H70N8O9S/c1-35(2)41-7-5-6-8-42(41)49-34-72-26-25-62(49)39-30-56(31-39)20-23-61(24-21-56)38-9-11-43(46(28-38)63-45-15-19-55(4,67)32-50(45)73-53-48(63)27-37-16-22-57-51(37)59-53)52(65)60-74(70,71)40-10-12-44(47(29-40)64(68)69)58-33-36-13-17-54(3,66)18-14-36/h5-12,16,22,27-29,35-36,39,45,49-50,58,66-67H,13-15,17-21,23-26,30-34H2,1-4H3,(H,57,59)(H,60,65)/t36?,45-,49+,50-,54?,55+/m1/s1. The summed E-state index contributed by atoms with van der Waals surface area (Å²) in [6.45, 7) is 12.5. The van der Waals surface area contributed by atoms with Crippen LogP contribution in [-0.2, 0) is 14.8 Å². The van der Waals surface area contributed by atoms with E-state index < -0.39 is 48.7 Å². The van der Waals surface area contributed by atoms with E-state index in [0.29, 0.717) is 80.1 Å². The molecule has 394 valence electrons. The minimum atomic E-state index is -4.65. The fourth-order valence-electron chi connectivity index (χ4n) is 13.1. The van der Waals surface area contributed by atoms with E-state index in [1.807, 2.05) is 31.2 Å². The number of fused-ring (bicyclic) bond motifs is 3. The lowest BCUT2D eigenvalue weighted by Gasteiger charge is -2.57. The van der Waals surface area contributed by atoms with E-state index in [9.17, 15) is 33.5 Å². The van der Waals surface area contributed by atoms with Gasteiger partial charge in [-0.3, -0.25) is 19.8 Å². The molecular formula is C56H70N8O9S. The number of anilines is 4.